The minimum Gasteiger partial charge on any atom is -0.0775 e. The molecular formula is C15H22. The highest BCUT2D eigenvalue weighted by Gasteiger charge is 2.04. The number of allylic oxidation sites excluding steroid dienone is 2. The molecule has 0 saturated carbocycles. The second-order valence-electron chi connectivity index (χ2n) is 4.78. The van der Waals surface area contributed by atoms with E-state index in [9.17, 15) is 0 Å². The summed E-state index contributed by atoms with van der Waals surface area (Å²) in [5, 5.41) is 0. The molecule has 0 aliphatic carbocycles. The van der Waals surface area contributed by atoms with Crippen LogP contribution in [0.1, 0.15) is 39.7 Å². The first-order valence-corrected chi connectivity index (χ1v) is 5.76. The van der Waals surface area contributed by atoms with E-state index in [-0.39, 0.29) is 0 Å². The summed E-state index contributed by atoms with van der Waals surface area (Å²) in [6, 6.07) is 10.8. The van der Waals surface area contributed by atoms with Gasteiger partial charge in [-0.2, -0.15) is 0 Å². The Kier molecular flexibility index (Phi) is 4.61. The number of hydrogen-bond acceptors (Lipinski definition) is 0. The van der Waals surface area contributed by atoms with Crippen LogP contribution in [-0.4, -0.2) is 0 Å². The van der Waals surface area contributed by atoms with Gasteiger partial charge in [-0.25, -0.2) is 0 Å². The van der Waals surface area contributed by atoms with E-state index < -0.39 is 0 Å². The third kappa shape index (κ3) is 4.33. The molecule has 0 radical (unpaired) electrons. The Morgan fingerprint density at radius 3 is 2.20 bits per heavy atom. The van der Waals surface area contributed by atoms with E-state index in [4.69, 9.17) is 0 Å². The molecule has 82 valence electrons. The van der Waals surface area contributed by atoms with Gasteiger partial charge < -0.3 is 0 Å². The molecule has 0 aliphatic rings. The molecule has 1 rings (SSSR count). The van der Waals surface area contributed by atoms with Gasteiger partial charge in [0.05, 0.1) is 0 Å². The Morgan fingerprint density at radius 2 is 1.67 bits per heavy atom. The standard InChI is InChI=1S/C15H22/c1-12(2)14(4)10-13(3)11-15-8-6-5-7-9-15/h5-9,13H,10-11H2,1-4H3. The van der Waals surface area contributed by atoms with Crippen molar-refractivity contribution >= 4 is 0 Å². The molecular weight excluding hydrogens is 180 g/mol. The van der Waals surface area contributed by atoms with E-state index in [1.807, 2.05) is 0 Å². The molecule has 0 fully saturated rings. The SMILES string of the molecule is CC(C)=C(C)CC(C)Cc1ccccc1. The minimum absolute atomic E-state index is 0.738. The molecule has 1 aromatic carbocycles. The topological polar surface area (TPSA) is 0 Å². The highest BCUT2D eigenvalue weighted by Crippen LogP contribution is 2.18. The second-order valence-corrected chi connectivity index (χ2v) is 4.78. The quantitative estimate of drug-likeness (QED) is 0.625. The Balaban J connectivity index is 2.50. The van der Waals surface area contributed by atoms with Gasteiger partial charge in [0.2, 0.25) is 0 Å². The van der Waals surface area contributed by atoms with Gasteiger partial charge in [-0.05, 0) is 45.1 Å². The van der Waals surface area contributed by atoms with Gasteiger partial charge in [-0.3, -0.25) is 0 Å². The fourth-order valence-corrected chi connectivity index (χ4v) is 1.82. The third-order valence-electron chi connectivity index (χ3n) is 2.94. The molecule has 0 heterocycles. The number of rotatable bonds is 4. The van der Waals surface area contributed by atoms with Crippen LogP contribution < -0.4 is 0 Å². The Morgan fingerprint density at radius 1 is 1.07 bits per heavy atom. The zero-order chi connectivity index (χ0) is 11.3. The van der Waals surface area contributed by atoms with Crippen molar-refractivity contribution in [1.82, 2.24) is 0 Å². The highest BCUT2D eigenvalue weighted by molar-refractivity contribution is 5.16. The van der Waals surface area contributed by atoms with Crippen LogP contribution in [0.5, 0.6) is 0 Å². The van der Waals surface area contributed by atoms with E-state index in [1.54, 1.807) is 5.57 Å². The average molecular weight is 202 g/mol. The Bertz CT molecular complexity index is 315. The van der Waals surface area contributed by atoms with E-state index in [1.165, 1.54) is 24.0 Å². The first-order valence-electron chi connectivity index (χ1n) is 5.76. The summed E-state index contributed by atoms with van der Waals surface area (Å²) in [7, 11) is 0. The highest BCUT2D eigenvalue weighted by atomic mass is 14.1. The monoisotopic (exact) mass is 202 g/mol. The van der Waals surface area contributed by atoms with Gasteiger partial charge in [0.15, 0.2) is 0 Å². The molecule has 0 aliphatic heterocycles. The van der Waals surface area contributed by atoms with Crippen LogP contribution in [0, 0.1) is 5.92 Å². The predicted octanol–water partition coefficient (Wildman–Crippen LogP) is 4.61. The lowest BCUT2D eigenvalue weighted by Gasteiger charge is -2.13. The molecule has 1 atom stereocenters. The number of benzene rings is 1. The van der Waals surface area contributed by atoms with Crippen LogP contribution in [-0.2, 0) is 6.42 Å². The van der Waals surface area contributed by atoms with Crippen LogP contribution in [0.3, 0.4) is 0 Å². The zero-order valence-electron chi connectivity index (χ0n) is 10.4. The lowest BCUT2D eigenvalue weighted by Crippen LogP contribution is -2.01. The van der Waals surface area contributed by atoms with Crippen molar-refractivity contribution in [2.24, 2.45) is 5.92 Å². The van der Waals surface area contributed by atoms with Gasteiger partial charge in [0.25, 0.3) is 0 Å². The summed E-state index contributed by atoms with van der Waals surface area (Å²) < 4.78 is 0. The molecule has 1 unspecified atom stereocenters. The van der Waals surface area contributed by atoms with Crippen molar-refractivity contribution in [2.45, 2.75) is 40.5 Å². The van der Waals surface area contributed by atoms with Crippen molar-refractivity contribution in [3.8, 4) is 0 Å². The second kappa shape index (κ2) is 5.75. The van der Waals surface area contributed by atoms with Crippen LogP contribution in [0.4, 0.5) is 0 Å². The van der Waals surface area contributed by atoms with Gasteiger partial charge >= 0.3 is 0 Å². The molecule has 0 heteroatoms. The Labute approximate surface area is 94.0 Å². The van der Waals surface area contributed by atoms with E-state index in [2.05, 4.69) is 58.0 Å². The summed E-state index contributed by atoms with van der Waals surface area (Å²) in [5.41, 5.74) is 4.46. The smallest absolute Gasteiger partial charge is 0.0250 e. The normalized spacial score (nSPS) is 12.3. The summed E-state index contributed by atoms with van der Waals surface area (Å²) in [6.45, 7) is 8.98. The maximum absolute atomic E-state index is 2.33. The lowest BCUT2D eigenvalue weighted by molar-refractivity contribution is 0.571. The molecule has 0 bridgehead atoms. The Hall–Kier alpha value is -1.04. The molecule has 0 spiro atoms. The molecule has 15 heavy (non-hydrogen) atoms. The van der Waals surface area contributed by atoms with Crippen LogP contribution in [0.25, 0.3) is 0 Å². The maximum Gasteiger partial charge on any atom is -0.0250 e. The summed E-state index contributed by atoms with van der Waals surface area (Å²) in [4.78, 5) is 0. The lowest BCUT2D eigenvalue weighted by atomic mass is 9.93. The number of hydrogen-bond donors (Lipinski definition) is 0. The molecule has 1 aromatic rings. The molecule has 0 amide bonds. The minimum atomic E-state index is 0.738. The predicted molar refractivity (Wildman–Crippen MR) is 68.0 cm³/mol. The fraction of sp³-hybridized carbons (Fsp3) is 0.467. The van der Waals surface area contributed by atoms with Crippen LogP contribution in [0.2, 0.25) is 0 Å². The van der Waals surface area contributed by atoms with Crippen molar-refractivity contribution in [1.29, 1.82) is 0 Å². The van der Waals surface area contributed by atoms with Gasteiger partial charge in [-0.1, -0.05) is 48.4 Å². The van der Waals surface area contributed by atoms with E-state index in [0.717, 1.165) is 5.92 Å². The molecule has 0 aromatic heterocycles. The van der Waals surface area contributed by atoms with Crippen LogP contribution in [0.15, 0.2) is 41.5 Å². The summed E-state index contributed by atoms with van der Waals surface area (Å²) in [6.07, 6.45) is 2.41. The molecule has 0 N–H and O–H groups in total. The van der Waals surface area contributed by atoms with Crippen LogP contribution >= 0.6 is 0 Å². The summed E-state index contributed by atoms with van der Waals surface area (Å²) in [5.74, 6) is 0.738. The van der Waals surface area contributed by atoms with Crippen molar-refractivity contribution in [3.63, 3.8) is 0 Å². The average Bonchev–Trinajstić information content (AvgIpc) is 2.18. The van der Waals surface area contributed by atoms with Crippen molar-refractivity contribution < 1.29 is 0 Å². The maximum atomic E-state index is 2.33. The molecule has 0 nitrogen and oxygen atoms in total. The first kappa shape index (κ1) is 12.0. The van der Waals surface area contributed by atoms with Gasteiger partial charge in [0, 0.05) is 0 Å². The zero-order valence-corrected chi connectivity index (χ0v) is 10.4. The largest absolute Gasteiger partial charge is 0.0775 e. The fourth-order valence-electron chi connectivity index (χ4n) is 1.82. The molecule has 0 saturated heterocycles. The third-order valence-corrected chi connectivity index (χ3v) is 2.94. The summed E-state index contributed by atoms with van der Waals surface area (Å²) >= 11 is 0. The first-order chi connectivity index (χ1) is 7.09. The van der Waals surface area contributed by atoms with Gasteiger partial charge in [-0.15, -0.1) is 0 Å². The van der Waals surface area contributed by atoms with E-state index in [0.29, 0.717) is 0 Å². The van der Waals surface area contributed by atoms with Crippen molar-refractivity contribution in [3.05, 3.63) is 47.0 Å². The van der Waals surface area contributed by atoms with Crippen molar-refractivity contribution in [2.75, 3.05) is 0 Å². The van der Waals surface area contributed by atoms with Gasteiger partial charge in [0.1, 0.15) is 0 Å². The van der Waals surface area contributed by atoms with E-state index >= 15 is 0 Å².